The SMILES string of the molecule is CCC(=O)[O-].CCCCCCCCCCC(c1ccccc1)[N+](C)(C)C. The fourth-order valence-corrected chi connectivity index (χ4v) is 3.15. The summed E-state index contributed by atoms with van der Waals surface area (Å²) in [5, 5.41) is 9.26. The van der Waals surface area contributed by atoms with E-state index in [1.54, 1.807) is 0 Å². The molecular formula is C23H41NO2. The highest BCUT2D eigenvalue weighted by Gasteiger charge is 2.24. The van der Waals surface area contributed by atoms with Crippen LogP contribution in [0, 0.1) is 0 Å². The molecule has 3 heteroatoms. The molecule has 0 aliphatic carbocycles. The summed E-state index contributed by atoms with van der Waals surface area (Å²) in [5.74, 6) is -0.995. The van der Waals surface area contributed by atoms with Gasteiger partial charge in [0.05, 0.1) is 21.1 Å². The Morgan fingerprint density at radius 2 is 1.35 bits per heavy atom. The first-order chi connectivity index (χ1) is 12.3. The van der Waals surface area contributed by atoms with Crippen LogP contribution in [0.4, 0.5) is 0 Å². The maximum atomic E-state index is 9.26. The van der Waals surface area contributed by atoms with Crippen LogP contribution >= 0.6 is 0 Å². The molecule has 0 fully saturated rings. The molecule has 0 spiro atoms. The molecule has 0 aliphatic heterocycles. The third-order valence-electron chi connectivity index (χ3n) is 4.74. The van der Waals surface area contributed by atoms with Crippen molar-refractivity contribution >= 4 is 5.97 Å². The Balaban J connectivity index is 0.00000110. The third-order valence-corrected chi connectivity index (χ3v) is 4.74. The van der Waals surface area contributed by atoms with E-state index in [9.17, 15) is 9.90 Å². The smallest absolute Gasteiger partial charge is 0.114 e. The molecule has 0 bridgehead atoms. The first-order valence-electron chi connectivity index (χ1n) is 10.4. The molecule has 1 aromatic carbocycles. The number of unbranched alkanes of at least 4 members (excludes halogenated alkanes) is 7. The summed E-state index contributed by atoms with van der Waals surface area (Å²) in [6, 6.07) is 11.7. The largest absolute Gasteiger partial charge is 0.550 e. The van der Waals surface area contributed by atoms with Crippen molar-refractivity contribution in [2.45, 2.75) is 84.1 Å². The number of quaternary nitrogens is 1. The maximum absolute atomic E-state index is 9.26. The second-order valence-electron chi connectivity index (χ2n) is 8.03. The van der Waals surface area contributed by atoms with Crippen LogP contribution in [-0.4, -0.2) is 31.6 Å². The van der Waals surface area contributed by atoms with Crippen LogP contribution in [0.5, 0.6) is 0 Å². The summed E-state index contributed by atoms with van der Waals surface area (Å²) in [7, 11) is 6.97. The van der Waals surface area contributed by atoms with Crippen LogP contribution in [0.2, 0.25) is 0 Å². The average Bonchev–Trinajstić information content (AvgIpc) is 2.60. The van der Waals surface area contributed by atoms with Gasteiger partial charge < -0.3 is 14.4 Å². The summed E-state index contributed by atoms with van der Waals surface area (Å²) in [6.07, 6.45) is 12.7. The molecule has 0 amide bonds. The van der Waals surface area contributed by atoms with E-state index in [0.717, 1.165) is 4.48 Å². The third kappa shape index (κ3) is 12.9. The Hall–Kier alpha value is -1.35. The lowest BCUT2D eigenvalue weighted by molar-refractivity contribution is -0.902. The minimum Gasteiger partial charge on any atom is -0.550 e. The molecule has 0 saturated carbocycles. The summed E-state index contributed by atoms with van der Waals surface area (Å²) in [6.45, 7) is 3.82. The summed E-state index contributed by atoms with van der Waals surface area (Å²) >= 11 is 0. The van der Waals surface area contributed by atoms with Gasteiger partial charge in [-0.15, -0.1) is 0 Å². The molecule has 0 aliphatic rings. The zero-order chi connectivity index (χ0) is 19.8. The summed E-state index contributed by atoms with van der Waals surface area (Å²) in [5.41, 5.74) is 1.49. The van der Waals surface area contributed by atoms with Gasteiger partial charge in [0.2, 0.25) is 0 Å². The number of carboxylic acid groups (broad SMARTS) is 1. The van der Waals surface area contributed by atoms with Gasteiger partial charge in [0.1, 0.15) is 6.04 Å². The summed E-state index contributed by atoms with van der Waals surface area (Å²) in [4.78, 5) is 9.26. The topological polar surface area (TPSA) is 40.1 Å². The predicted octanol–water partition coefficient (Wildman–Crippen LogP) is 5.11. The van der Waals surface area contributed by atoms with Gasteiger partial charge in [0.25, 0.3) is 0 Å². The molecule has 1 unspecified atom stereocenters. The van der Waals surface area contributed by atoms with Gasteiger partial charge in [-0.05, 0) is 12.8 Å². The number of benzene rings is 1. The van der Waals surface area contributed by atoms with E-state index in [1.165, 1.54) is 70.3 Å². The van der Waals surface area contributed by atoms with Gasteiger partial charge >= 0.3 is 0 Å². The van der Waals surface area contributed by atoms with Crippen molar-refractivity contribution in [2.24, 2.45) is 0 Å². The minimum atomic E-state index is -0.995. The van der Waals surface area contributed by atoms with Crippen LogP contribution in [0.3, 0.4) is 0 Å². The van der Waals surface area contributed by atoms with Crippen molar-refractivity contribution in [3.05, 3.63) is 35.9 Å². The fourth-order valence-electron chi connectivity index (χ4n) is 3.15. The Kier molecular flexibility index (Phi) is 14.0. The lowest BCUT2D eigenvalue weighted by Gasteiger charge is -2.34. The van der Waals surface area contributed by atoms with Crippen molar-refractivity contribution in [1.29, 1.82) is 0 Å². The Morgan fingerprint density at radius 1 is 0.885 bits per heavy atom. The summed E-state index contributed by atoms with van der Waals surface area (Å²) < 4.78 is 1.03. The number of nitrogens with zero attached hydrogens (tertiary/aromatic N) is 1. The van der Waals surface area contributed by atoms with Crippen LogP contribution < -0.4 is 5.11 Å². The van der Waals surface area contributed by atoms with Gasteiger partial charge in [-0.2, -0.15) is 0 Å². The number of hydrogen-bond acceptors (Lipinski definition) is 2. The highest BCUT2D eigenvalue weighted by atomic mass is 16.4. The van der Waals surface area contributed by atoms with E-state index >= 15 is 0 Å². The van der Waals surface area contributed by atoms with Gasteiger partial charge in [0, 0.05) is 18.0 Å². The molecule has 150 valence electrons. The van der Waals surface area contributed by atoms with Crippen LogP contribution in [0.1, 0.15) is 89.7 Å². The van der Waals surface area contributed by atoms with E-state index in [-0.39, 0.29) is 6.42 Å². The second-order valence-corrected chi connectivity index (χ2v) is 8.03. The Labute approximate surface area is 162 Å². The van der Waals surface area contributed by atoms with Crippen molar-refractivity contribution in [3.8, 4) is 0 Å². The first-order valence-corrected chi connectivity index (χ1v) is 10.4. The van der Waals surface area contributed by atoms with E-state index in [1.807, 2.05) is 0 Å². The molecule has 3 nitrogen and oxygen atoms in total. The zero-order valence-electron chi connectivity index (χ0n) is 17.8. The van der Waals surface area contributed by atoms with Gasteiger partial charge in [-0.25, -0.2) is 0 Å². The fraction of sp³-hybridized carbons (Fsp3) is 0.696. The maximum Gasteiger partial charge on any atom is 0.114 e. The first kappa shape index (κ1) is 24.7. The highest BCUT2D eigenvalue weighted by molar-refractivity contribution is 5.63. The lowest BCUT2D eigenvalue weighted by atomic mass is 9.97. The van der Waals surface area contributed by atoms with Crippen molar-refractivity contribution in [1.82, 2.24) is 0 Å². The Morgan fingerprint density at radius 3 is 1.77 bits per heavy atom. The number of carbonyl (C=O) groups is 1. The Bertz CT molecular complexity index is 451. The number of aliphatic carboxylic acids is 1. The second kappa shape index (κ2) is 14.8. The molecule has 0 heterocycles. The van der Waals surface area contributed by atoms with E-state index in [4.69, 9.17) is 0 Å². The quantitative estimate of drug-likeness (QED) is 0.382. The van der Waals surface area contributed by atoms with Crippen LogP contribution in [0.15, 0.2) is 30.3 Å². The minimum absolute atomic E-state index is 0.111. The molecular weight excluding hydrogens is 322 g/mol. The lowest BCUT2D eigenvalue weighted by Crippen LogP contribution is -2.38. The molecule has 1 rings (SSSR count). The highest BCUT2D eigenvalue weighted by Crippen LogP contribution is 2.28. The molecule has 0 aromatic heterocycles. The normalized spacial score (nSPS) is 12.2. The van der Waals surface area contributed by atoms with E-state index in [0.29, 0.717) is 6.04 Å². The number of hydrogen-bond donors (Lipinski definition) is 0. The van der Waals surface area contributed by atoms with Crippen molar-refractivity contribution < 1.29 is 14.4 Å². The van der Waals surface area contributed by atoms with Crippen LogP contribution in [0.25, 0.3) is 0 Å². The number of rotatable bonds is 12. The number of carbonyl (C=O) groups excluding carboxylic acids is 1. The van der Waals surface area contributed by atoms with Crippen molar-refractivity contribution in [2.75, 3.05) is 21.1 Å². The van der Waals surface area contributed by atoms with Crippen molar-refractivity contribution in [3.63, 3.8) is 0 Å². The zero-order valence-corrected chi connectivity index (χ0v) is 17.8. The molecule has 1 aromatic rings. The van der Waals surface area contributed by atoms with Crippen LogP contribution in [-0.2, 0) is 4.79 Å². The van der Waals surface area contributed by atoms with Gasteiger partial charge in [0.15, 0.2) is 0 Å². The monoisotopic (exact) mass is 363 g/mol. The standard InChI is InChI=1S/C20H36N.C3H6O2/c1-5-6-7-8-9-10-11-15-18-20(21(2,3)4)19-16-13-12-14-17-19;1-2-3(4)5/h12-14,16-17,20H,5-11,15,18H2,1-4H3;2H2,1H3,(H,4,5)/q+1;/p-1. The molecule has 26 heavy (non-hydrogen) atoms. The molecule has 1 atom stereocenters. The van der Waals surface area contributed by atoms with E-state index < -0.39 is 5.97 Å². The average molecular weight is 364 g/mol. The van der Waals surface area contributed by atoms with E-state index in [2.05, 4.69) is 58.4 Å². The predicted molar refractivity (Wildman–Crippen MR) is 110 cm³/mol. The van der Waals surface area contributed by atoms with Gasteiger partial charge in [-0.3, -0.25) is 0 Å². The molecule has 0 saturated heterocycles. The molecule has 0 radical (unpaired) electrons. The molecule has 0 N–H and O–H groups in total. The van der Waals surface area contributed by atoms with Gasteiger partial charge in [-0.1, -0.05) is 89.1 Å². The number of carboxylic acids is 1.